The molecule has 2 heterocycles. The van der Waals surface area contributed by atoms with Crippen LogP contribution < -0.4 is 0 Å². The van der Waals surface area contributed by atoms with Crippen molar-refractivity contribution in [3.8, 4) is 0 Å². The van der Waals surface area contributed by atoms with Crippen LogP contribution in [0.3, 0.4) is 0 Å². The van der Waals surface area contributed by atoms with Gasteiger partial charge in [0.05, 0.1) is 30.0 Å². The highest BCUT2D eigenvalue weighted by Gasteiger charge is 2.26. The molecule has 1 aliphatic heterocycles. The summed E-state index contributed by atoms with van der Waals surface area (Å²) in [5, 5.41) is 9.21. The number of fused-ring (bicyclic) bond motifs is 1. The summed E-state index contributed by atoms with van der Waals surface area (Å²) in [4.78, 5) is 9.48. The molecular formula is C27H29FN4O. The Labute approximate surface area is 193 Å². The van der Waals surface area contributed by atoms with Crippen molar-refractivity contribution in [1.82, 2.24) is 19.4 Å². The van der Waals surface area contributed by atoms with Crippen LogP contribution in [0.25, 0.3) is 11.0 Å². The first kappa shape index (κ1) is 21.8. The second-order valence-electron chi connectivity index (χ2n) is 8.66. The zero-order valence-corrected chi connectivity index (χ0v) is 18.6. The summed E-state index contributed by atoms with van der Waals surface area (Å²) >= 11 is 0. The molecule has 6 heteroatoms. The topological polar surface area (TPSA) is 44.5 Å². The van der Waals surface area contributed by atoms with E-state index in [0.717, 1.165) is 49.3 Å². The summed E-state index contributed by atoms with van der Waals surface area (Å²) in [6, 6.07) is 24.0. The fourth-order valence-electron chi connectivity index (χ4n) is 4.83. The van der Waals surface area contributed by atoms with Crippen LogP contribution in [0.15, 0.2) is 79.1 Å². The average Bonchev–Trinajstić information content (AvgIpc) is 3.24. The number of hydrogen-bond donors (Lipinski definition) is 1. The van der Waals surface area contributed by atoms with Crippen LogP contribution in [0.4, 0.5) is 4.39 Å². The molecule has 1 aliphatic rings. The number of piperazine rings is 1. The van der Waals surface area contributed by atoms with Crippen LogP contribution in [0.2, 0.25) is 0 Å². The van der Waals surface area contributed by atoms with Crippen LogP contribution in [0.5, 0.6) is 0 Å². The predicted molar refractivity (Wildman–Crippen MR) is 128 cm³/mol. The monoisotopic (exact) mass is 444 g/mol. The molecule has 0 radical (unpaired) electrons. The summed E-state index contributed by atoms with van der Waals surface area (Å²) in [5.74, 6) is -0.200. The second-order valence-corrected chi connectivity index (χ2v) is 8.66. The molecule has 0 bridgehead atoms. The van der Waals surface area contributed by atoms with E-state index in [9.17, 15) is 9.50 Å². The van der Waals surface area contributed by atoms with Crippen LogP contribution in [-0.4, -0.2) is 57.2 Å². The SMILES string of the molecule is OCCn1cnc2cc(CN3CCN(C(c4ccccc4)c4ccc(F)cc4)CC3)ccc21. The molecule has 5 rings (SSSR count). The average molecular weight is 445 g/mol. The lowest BCUT2D eigenvalue weighted by atomic mass is 9.96. The number of halogens is 1. The van der Waals surface area contributed by atoms with Crippen LogP contribution in [0.1, 0.15) is 22.7 Å². The van der Waals surface area contributed by atoms with Crippen LogP contribution >= 0.6 is 0 Å². The molecule has 1 unspecified atom stereocenters. The highest BCUT2D eigenvalue weighted by atomic mass is 19.1. The Hall–Kier alpha value is -3.06. The van der Waals surface area contributed by atoms with E-state index in [4.69, 9.17) is 0 Å². The van der Waals surface area contributed by atoms with Gasteiger partial charge in [-0.05, 0) is 41.0 Å². The molecule has 0 saturated carbocycles. The second kappa shape index (κ2) is 9.83. The molecule has 3 aromatic carbocycles. The third kappa shape index (κ3) is 4.83. The van der Waals surface area contributed by atoms with E-state index in [1.807, 2.05) is 22.8 Å². The van der Waals surface area contributed by atoms with Gasteiger partial charge in [0, 0.05) is 39.3 Å². The number of hydrogen-bond acceptors (Lipinski definition) is 4. The molecule has 5 nitrogen and oxygen atoms in total. The van der Waals surface area contributed by atoms with E-state index in [-0.39, 0.29) is 18.5 Å². The van der Waals surface area contributed by atoms with Gasteiger partial charge in [-0.25, -0.2) is 9.37 Å². The van der Waals surface area contributed by atoms with Crippen molar-refractivity contribution in [1.29, 1.82) is 0 Å². The van der Waals surface area contributed by atoms with E-state index in [1.165, 1.54) is 11.1 Å². The first-order valence-corrected chi connectivity index (χ1v) is 11.5. The van der Waals surface area contributed by atoms with Gasteiger partial charge in [0.25, 0.3) is 0 Å². The van der Waals surface area contributed by atoms with E-state index in [1.54, 1.807) is 18.5 Å². The van der Waals surface area contributed by atoms with Crippen molar-refractivity contribution in [2.24, 2.45) is 0 Å². The third-order valence-electron chi connectivity index (χ3n) is 6.51. The van der Waals surface area contributed by atoms with E-state index < -0.39 is 0 Å². The minimum absolute atomic E-state index is 0.111. The van der Waals surface area contributed by atoms with E-state index >= 15 is 0 Å². The van der Waals surface area contributed by atoms with Crippen molar-refractivity contribution >= 4 is 11.0 Å². The van der Waals surface area contributed by atoms with Crippen LogP contribution in [0, 0.1) is 5.82 Å². The van der Waals surface area contributed by atoms with E-state index in [2.05, 4.69) is 57.2 Å². The Morgan fingerprint density at radius 3 is 2.33 bits per heavy atom. The van der Waals surface area contributed by atoms with Gasteiger partial charge in [-0.3, -0.25) is 9.80 Å². The predicted octanol–water partition coefficient (Wildman–Crippen LogP) is 4.07. The van der Waals surface area contributed by atoms with Gasteiger partial charge in [-0.2, -0.15) is 0 Å². The molecule has 1 saturated heterocycles. The summed E-state index contributed by atoms with van der Waals surface area (Å²) in [6.07, 6.45) is 1.79. The van der Waals surface area contributed by atoms with Crippen molar-refractivity contribution < 1.29 is 9.50 Å². The molecule has 1 fully saturated rings. The number of nitrogens with zero attached hydrogens (tertiary/aromatic N) is 4. The first-order chi connectivity index (χ1) is 16.2. The minimum Gasteiger partial charge on any atom is -0.395 e. The summed E-state index contributed by atoms with van der Waals surface area (Å²) < 4.78 is 15.5. The number of benzene rings is 3. The Balaban J connectivity index is 1.28. The normalized spacial score (nSPS) is 16.3. The molecule has 0 spiro atoms. The smallest absolute Gasteiger partial charge is 0.123 e. The number of aliphatic hydroxyl groups is 1. The zero-order chi connectivity index (χ0) is 22.6. The zero-order valence-electron chi connectivity index (χ0n) is 18.6. The summed E-state index contributed by atoms with van der Waals surface area (Å²) in [7, 11) is 0. The third-order valence-corrected chi connectivity index (χ3v) is 6.51. The quantitative estimate of drug-likeness (QED) is 0.467. The van der Waals surface area contributed by atoms with Gasteiger partial charge in [0.2, 0.25) is 0 Å². The van der Waals surface area contributed by atoms with Gasteiger partial charge in [-0.15, -0.1) is 0 Å². The molecule has 4 aromatic rings. The van der Waals surface area contributed by atoms with Gasteiger partial charge >= 0.3 is 0 Å². The molecule has 1 N–H and O–H groups in total. The minimum atomic E-state index is -0.200. The fourth-order valence-corrected chi connectivity index (χ4v) is 4.83. The van der Waals surface area contributed by atoms with Gasteiger partial charge < -0.3 is 9.67 Å². The lowest BCUT2D eigenvalue weighted by Gasteiger charge is -2.39. The summed E-state index contributed by atoms with van der Waals surface area (Å²) in [6.45, 7) is 5.41. The number of rotatable bonds is 7. The van der Waals surface area contributed by atoms with Crippen molar-refractivity contribution in [3.05, 3.63) is 102 Å². The van der Waals surface area contributed by atoms with Gasteiger partial charge in [0.15, 0.2) is 0 Å². The number of imidazole rings is 1. The maximum absolute atomic E-state index is 13.6. The Kier molecular flexibility index (Phi) is 6.48. The Bertz CT molecular complexity index is 1180. The number of aliphatic hydroxyl groups excluding tert-OH is 1. The van der Waals surface area contributed by atoms with Gasteiger partial charge in [-0.1, -0.05) is 48.5 Å². The summed E-state index contributed by atoms with van der Waals surface area (Å²) in [5.41, 5.74) is 5.65. The lowest BCUT2D eigenvalue weighted by molar-refractivity contribution is 0.105. The molecule has 1 aromatic heterocycles. The number of aromatic nitrogens is 2. The van der Waals surface area contributed by atoms with E-state index in [0.29, 0.717) is 6.54 Å². The Morgan fingerprint density at radius 1 is 0.879 bits per heavy atom. The Morgan fingerprint density at radius 2 is 1.61 bits per heavy atom. The molecule has 1 atom stereocenters. The fraction of sp³-hybridized carbons (Fsp3) is 0.296. The standard InChI is InChI=1S/C27H29FN4O/c28-24-9-7-23(8-10-24)27(22-4-2-1-3-5-22)31-14-12-30(13-15-31)19-21-6-11-26-25(18-21)29-20-32(26)16-17-33/h1-11,18,20,27,33H,12-17,19H2. The van der Waals surface area contributed by atoms with Crippen molar-refractivity contribution in [3.63, 3.8) is 0 Å². The van der Waals surface area contributed by atoms with Crippen LogP contribution in [-0.2, 0) is 13.1 Å². The van der Waals surface area contributed by atoms with Gasteiger partial charge in [0.1, 0.15) is 5.82 Å². The highest BCUT2D eigenvalue weighted by molar-refractivity contribution is 5.76. The van der Waals surface area contributed by atoms with Crippen molar-refractivity contribution in [2.45, 2.75) is 19.1 Å². The first-order valence-electron chi connectivity index (χ1n) is 11.5. The van der Waals surface area contributed by atoms with Crippen molar-refractivity contribution in [2.75, 3.05) is 32.8 Å². The molecular weight excluding hydrogens is 415 g/mol. The maximum Gasteiger partial charge on any atom is 0.123 e. The highest BCUT2D eigenvalue weighted by Crippen LogP contribution is 2.30. The largest absolute Gasteiger partial charge is 0.395 e. The molecule has 0 amide bonds. The lowest BCUT2D eigenvalue weighted by Crippen LogP contribution is -2.47. The molecule has 170 valence electrons. The maximum atomic E-state index is 13.6. The molecule has 33 heavy (non-hydrogen) atoms. The molecule has 0 aliphatic carbocycles.